The van der Waals surface area contributed by atoms with Crippen molar-refractivity contribution in [2.45, 2.75) is 6.18 Å². The van der Waals surface area contributed by atoms with E-state index in [1.165, 1.54) is 18.2 Å². The monoisotopic (exact) mass is 336 g/mol. The second kappa shape index (κ2) is 8.14. The largest absolute Gasteiger partial charge is 0.492 e. The average molecular weight is 336 g/mol. The molecule has 24 heavy (non-hydrogen) atoms. The SMILES string of the molecule is O=C(/C=C/c1ccncc1)NCCOc1cccc(C(F)(F)F)c1. The van der Waals surface area contributed by atoms with E-state index in [1.54, 1.807) is 30.6 Å². The van der Waals surface area contributed by atoms with Crippen LogP contribution in [-0.4, -0.2) is 24.0 Å². The topological polar surface area (TPSA) is 51.2 Å². The fourth-order valence-corrected chi connectivity index (χ4v) is 1.81. The lowest BCUT2D eigenvalue weighted by Crippen LogP contribution is -2.26. The first kappa shape index (κ1) is 17.5. The van der Waals surface area contributed by atoms with E-state index in [0.717, 1.165) is 17.7 Å². The molecule has 0 aliphatic heterocycles. The van der Waals surface area contributed by atoms with Crippen LogP contribution in [0.15, 0.2) is 54.9 Å². The van der Waals surface area contributed by atoms with Crippen molar-refractivity contribution in [1.82, 2.24) is 10.3 Å². The Labute approximate surface area is 137 Å². The predicted octanol–water partition coefficient (Wildman–Crippen LogP) is 3.31. The number of nitrogens with one attached hydrogen (secondary N) is 1. The standard InChI is InChI=1S/C17H15F3N2O2/c18-17(19,20)14-2-1-3-15(12-14)24-11-10-22-16(23)5-4-13-6-8-21-9-7-13/h1-9,12H,10-11H2,(H,22,23)/b5-4+. The zero-order chi connectivity index (χ0) is 17.4. The molecule has 7 heteroatoms. The van der Waals surface area contributed by atoms with Crippen LogP contribution in [0.1, 0.15) is 11.1 Å². The van der Waals surface area contributed by atoms with Crippen molar-refractivity contribution in [2.75, 3.05) is 13.2 Å². The average Bonchev–Trinajstić information content (AvgIpc) is 2.57. The molecule has 0 aliphatic carbocycles. The van der Waals surface area contributed by atoms with Crippen molar-refractivity contribution in [3.63, 3.8) is 0 Å². The van der Waals surface area contributed by atoms with Gasteiger partial charge in [-0.15, -0.1) is 0 Å². The van der Waals surface area contributed by atoms with Crippen LogP contribution in [0.3, 0.4) is 0 Å². The van der Waals surface area contributed by atoms with Crippen molar-refractivity contribution in [3.8, 4) is 5.75 Å². The molecule has 2 rings (SSSR count). The first-order valence-electron chi connectivity index (χ1n) is 7.11. The Balaban J connectivity index is 1.75. The first-order valence-corrected chi connectivity index (χ1v) is 7.11. The normalized spacial score (nSPS) is 11.5. The Morgan fingerprint density at radius 1 is 1.21 bits per heavy atom. The van der Waals surface area contributed by atoms with Gasteiger partial charge in [0, 0.05) is 18.5 Å². The summed E-state index contributed by atoms with van der Waals surface area (Å²) in [5.41, 5.74) is 0.0599. The van der Waals surface area contributed by atoms with Crippen molar-refractivity contribution >= 4 is 12.0 Å². The minimum atomic E-state index is -4.41. The third-order valence-corrected chi connectivity index (χ3v) is 2.96. The van der Waals surface area contributed by atoms with Gasteiger partial charge in [0.1, 0.15) is 12.4 Å². The van der Waals surface area contributed by atoms with Gasteiger partial charge in [0.2, 0.25) is 5.91 Å². The highest BCUT2D eigenvalue weighted by atomic mass is 19.4. The van der Waals surface area contributed by atoms with Gasteiger partial charge in [-0.3, -0.25) is 9.78 Å². The number of carbonyl (C=O) groups excluding carboxylic acids is 1. The van der Waals surface area contributed by atoms with Crippen LogP contribution >= 0.6 is 0 Å². The van der Waals surface area contributed by atoms with E-state index in [4.69, 9.17) is 4.74 Å². The van der Waals surface area contributed by atoms with Crippen molar-refractivity contribution < 1.29 is 22.7 Å². The number of aromatic nitrogens is 1. The number of amides is 1. The lowest BCUT2D eigenvalue weighted by atomic mass is 10.2. The van der Waals surface area contributed by atoms with E-state index in [9.17, 15) is 18.0 Å². The number of pyridine rings is 1. The van der Waals surface area contributed by atoms with Gasteiger partial charge in [-0.2, -0.15) is 13.2 Å². The van der Waals surface area contributed by atoms with E-state index in [-0.39, 0.29) is 24.8 Å². The second-order valence-electron chi connectivity index (χ2n) is 4.78. The molecule has 0 aliphatic rings. The second-order valence-corrected chi connectivity index (χ2v) is 4.78. The fourth-order valence-electron chi connectivity index (χ4n) is 1.81. The number of carbonyl (C=O) groups is 1. The highest BCUT2D eigenvalue weighted by molar-refractivity contribution is 5.91. The van der Waals surface area contributed by atoms with Gasteiger partial charge < -0.3 is 10.1 Å². The molecule has 2 aromatic rings. The molecule has 0 bridgehead atoms. The summed E-state index contributed by atoms with van der Waals surface area (Å²) in [5.74, 6) is -0.217. The van der Waals surface area contributed by atoms with E-state index in [0.29, 0.717) is 0 Å². The molecule has 0 radical (unpaired) electrons. The minimum absolute atomic E-state index is 0.0656. The van der Waals surface area contributed by atoms with E-state index < -0.39 is 11.7 Å². The third kappa shape index (κ3) is 5.75. The summed E-state index contributed by atoms with van der Waals surface area (Å²) in [7, 11) is 0. The van der Waals surface area contributed by atoms with Crippen LogP contribution in [-0.2, 0) is 11.0 Å². The van der Waals surface area contributed by atoms with Crippen LogP contribution in [0, 0.1) is 0 Å². The van der Waals surface area contributed by atoms with Crippen molar-refractivity contribution in [3.05, 3.63) is 66.0 Å². The molecular weight excluding hydrogens is 321 g/mol. The number of hydrogen-bond donors (Lipinski definition) is 1. The Hall–Kier alpha value is -2.83. The number of rotatable bonds is 6. The zero-order valence-electron chi connectivity index (χ0n) is 12.6. The zero-order valence-corrected chi connectivity index (χ0v) is 12.6. The third-order valence-electron chi connectivity index (χ3n) is 2.96. The number of halogens is 3. The van der Waals surface area contributed by atoms with Crippen LogP contribution < -0.4 is 10.1 Å². The molecule has 1 N–H and O–H groups in total. The molecule has 1 heterocycles. The maximum Gasteiger partial charge on any atom is 0.416 e. The summed E-state index contributed by atoms with van der Waals surface area (Å²) >= 11 is 0. The number of alkyl halides is 3. The highest BCUT2D eigenvalue weighted by Crippen LogP contribution is 2.31. The van der Waals surface area contributed by atoms with Gasteiger partial charge >= 0.3 is 6.18 Å². The summed E-state index contributed by atoms with van der Waals surface area (Å²) in [6, 6.07) is 8.10. The number of nitrogens with zero attached hydrogens (tertiary/aromatic N) is 1. The summed E-state index contributed by atoms with van der Waals surface area (Å²) in [5, 5.41) is 2.58. The van der Waals surface area contributed by atoms with E-state index >= 15 is 0 Å². The van der Waals surface area contributed by atoms with Gasteiger partial charge in [-0.25, -0.2) is 0 Å². The molecule has 0 saturated heterocycles. The molecule has 1 aromatic heterocycles. The summed E-state index contributed by atoms with van der Waals surface area (Å²) in [6.45, 7) is 0.242. The van der Waals surface area contributed by atoms with Gasteiger partial charge in [-0.1, -0.05) is 6.07 Å². The summed E-state index contributed by atoms with van der Waals surface area (Å²) < 4.78 is 42.9. The van der Waals surface area contributed by atoms with Gasteiger partial charge in [0.15, 0.2) is 0 Å². The molecule has 0 atom stereocenters. The predicted molar refractivity (Wildman–Crippen MR) is 83.2 cm³/mol. The summed E-state index contributed by atoms with van der Waals surface area (Å²) in [6.07, 6.45) is 1.80. The van der Waals surface area contributed by atoms with Gasteiger partial charge in [0.05, 0.1) is 12.1 Å². The number of ether oxygens (including phenoxy) is 1. The lowest BCUT2D eigenvalue weighted by molar-refractivity contribution is -0.137. The first-order chi connectivity index (χ1) is 11.4. The molecule has 4 nitrogen and oxygen atoms in total. The molecule has 1 aromatic carbocycles. The maximum absolute atomic E-state index is 12.6. The lowest BCUT2D eigenvalue weighted by Gasteiger charge is -2.10. The highest BCUT2D eigenvalue weighted by Gasteiger charge is 2.30. The smallest absolute Gasteiger partial charge is 0.416 e. The molecular formula is C17H15F3N2O2. The Bertz CT molecular complexity index is 700. The maximum atomic E-state index is 12.6. The van der Waals surface area contributed by atoms with Crippen LogP contribution in [0.5, 0.6) is 5.75 Å². The van der Waals surface area contributed by atoms with Crippen LogP contribution in [0.4, 0.5) is 13.2 Å². The van der Waals surface area contributed by atoms with Crippen LogP contribution in [0.2, 0.25) is 0 Å². The number of hydrogen-bond acceptors (Lipinski definition) is 3. The molecule has 0 spiro atoms. The van der Waals surface area contributed by atoms with E-state index in [1.807, 2.05) is 0 Å². The molecule has 0 fully saturated rings. The quantitative estimate of drug-likeness (QED) is 0.650. The van der Waals surface area contributed by atoms with Gasteiger partial charge in [0.25, 0.3) is 0 Å². The Kier molecular flexibility index (Phi) is 5.95. The van der Waals surface area contributed by atoms with Crippen molar-refractivity contribution in [2.24, 2.45) is 0 Å². The molecule has 126 valence electrons. The summed E-state index contributed by atoms with van der Waals surface area (Å²) in [4.78, 5) is 15.5. The minimum Gasteiger partial charge on any atom is -0.492 e. The van der Waals surface area contributed by atoms with Crippen molar-refractivity contribution in [1.29, 1.82) is 0 Å². The number of benzene rings is 1. The fraction of sp³-hybridized carbons (Fsp3) is 0.176. The van der Waals surface area contributed by atoms with Gasteiger partial charge in [-0.05, 0) is 42.0 Å². The van der Waals surface area contributed by atoms with E-state index in [2.05, 4.69) is 10.3 Å². The Morgan fingerprint density at radius 3 is 2.67 bits per heavy atom. The molecule has 1 amide bonds. The Morgan fingerprint density at radius 2 is 1.96 bits per heavy atom. The molecule has 0 unspecified atom stereocenters. The van der Waals surface area contributed by atoms with Crippen LogP contribution in [0.25, 0.3) is 6.08 Å². The molecule has 0 saturated carbocycles.